The standard InChI is InChI=1S/C20H20F3N5O5/c1-12(17(29)26-16-4-3-14(28(31)32)11-15(16)20(21,22)23)33-18(30)13-5-9-27(10-6-13)19-24-7-2-8-25-19/h2-4,7-8,11-13H,5-6,9-10H2,1H3,(H,26,29). The van der Waals surface area contributed by atoms with E-state index in [0.717, 1.165) is 12.1 Å². The number of carbonyl (C=O) groups excluding carboxylic acids is 2. The fourth-order valence-corrected chi connectivity index (χ4v) is 3.32. The SMILES string of the molecule is CC(OC(=O)C1CCN(c2ncccn2)CC1)C(=O)Nc1ccc([N+](=O)[O-])cc1C(F)(F)F. The van der Waals surface area contributed by atoms with E-state index in [4.69, 9.17) is 4.74 Å². The third-order valence-corrected chi connectivity index (χ3v) is 5.10. The Bertz CT molecular complexity index is 1030. The van der Waals surface area contributed by atoms with E-state index in [2.05, 4.69) is 9.97 Å². The highest BCUT2D eigenvalue weighted by Crippen LogP contribution is 2.37. The zero-order valence-corrected chi connectivity index (χ0v) is 17.4. The lowest BCUT2D eigenvalue weighted by atomic mass is 9.97. The highest BCUT2D eigenvalue weighted by atomic mass is 19.4. The van der Waals surface area contributed by atoms with Crippen LogP contribution in [0.15, 0.2) is 36.7 Å². The van der Waals surface area contributed by atoms with Gasteiger partial charge in [-0.25, -0.2) is 9.97 Å². The quantitative estimate of drug-likeness (QED) is 0.390. The minimum atomic E-state index is -4.94. The molecule has 176 valence electrons. The lowest BCUT2D eigenvalue weighted by Gasteiger charge is -2.31. The van der Waals surface area contributed by atoms with Crippen LogP contribution in [0.25, 0.3) is 0 Å². The smallest absolute Gasteiger partial charge is 0.418 e. The first-order chi connectivity index (χ1) is 15.6. The van der Waals surface area contributed by atoms with Crippen LogP contribution in [-0.2, 0) is 20.5 Å². The molecule has 0 saturated carbocycles. The number of non-ortho nitro benzene ring substituents is 1. The van der Waals surface area contributed by atoms with Gasteiger partial charge in [0.2, 0.25) is 5.95 Å². The molecule has 1 aliphatic rings. The third-order valence-electron chi connectivity index (χ3n) is 5.10. The highest BCUT2D eigenvalue weighted by molar-refractivity contribution is 5.96. The summed E-state index contributed by atoms with van der Waals surface area (Å²) in [5.41, 5.74) is -2.82. The number of nitrogens with one attached hydrogen (secondary N) is 1. The number of nitro benzene ring substituents is 1. The van der Waals surface area contributed by atoms with Crippen molar-refractivity contribution in [2.24, 2.45) is 5.92 Å². The number of rotatable bonds is 6. The Morgan fingerprint density at radius 3 is 2.45 bits per heavy atom. The molecule has 1 aliphatic heterocycles. The predicted octanol–water partition coefficient (Wildman–Crippen LogP) is 3.19. The number of anilines is 2. The molecule has 1 amide bonds. The fourth-order valence-electron chi connectivity index (χ4n) is 3.32. The van der Waals surface area contributed by atoms with Gasteiger partial charge in [0, 0.05) is 37.6 Å². The number of hydrogen-bond acceptors (Lipinski definition) is 8. The van der Waals surface area contributed by atoms with Crippen molar-refractivity contribution >= 4 is 29.2 Å². The summed E-state index contributed by atoms with van der Waals surface area (Å²) in [4.78, 5) is 44.8. The summed E-state index contributed by atoms with van der Waals surface area (Å²) in [7, 11) is 0. The van der Waals surface area contributed by atoms with E-state index in [-0.39, 0.29) is 0 Å². The number of carbonyl (C=O) groups is 2. The maximum absolute atomic E-state index is 13.3. The Morgan fingerprint density at radius 2 is 1.88 bits per heavy atom. The van der Waals surface area contributed by atoms with Crippen molar-refractivity contribution in [3.8, 4) is 0 Å². The maximum Gasteiger partial charge on any atom is 0.418 e. The van der Waals surface area contributed by atoms with E-state index in [0.29, 0.717) is 37.9 Å². The van der Waals surface area contributed by atoms with Crippen molar-refractivity contribution in [2.45, 2.75) is 32.0 Å². The number of amides is 1. The topological polar surface area (TPSA) is 128 Å². The molecule has 10 nitrogen and oxygen atoms in total. The van der Waals surface area contributed by atoms with Crippen molar-refractivity contribution in [2.75, 3.05) is 23.3 Å². The molecule has 1 fully saturated rings. The first-order valence-electron chi connectivity index (χ1n) is 9.95. The normalized spacial score (nSPS) is 15.6. The molecule has 1 saturated heterocycles. The molecule has 2 aromatic rings. The van der Waals surface area contributed by atoms with Gasteiger partial charge in [-0.15, -0.1) is 0 Å². The zero-order chi connectivity index (χ0) is 24.2. The number of alkyl halides is 3. The van der Waals surface area contributed by atoms with Crippen LogP contribution in [0.1, 0.15) is 25.3 Å². The van der Waals surface area contributed by atoms with Gasteiger partial charge < -0.3 is 15.0 Å². The molecule has 33 heavy (non-hydrogen) atoms. The average molecular weight is 467 g/mol. The van der Waals surface area contributed by atoms with Crippen molar-refractivity contribution in [1.82, 2.24) is 9.97 Å². The van der Waals surface area contributed by atoms with Gasteiger partial charge in [0.05, 0.1) is 22.1 Å². The fraction of sp³-hybridized carbons (Fsp3) is 0.400. The van der Waals surface area contributed by atoms with E-state index < -0.39 is 51.9 Å². The number of esters is 1. The lowest BCUT2D eigenvalue weighted by Crippen LogP contribution is -2.39. The number of nitrogens with zero attached hydrogens (tertiary/aromatic N) is 4. The summed E-state index contributed by atoms with van der Waals surface area (Å²) in [5.74, 6) is -1.56. The van der Waals surface area contributed by atoms with Crippen LogP contribution in [0.2, 0.25) is 0 Å². The van der Waals surface area contributed by atoms with Gasteiger partial charge >= 0.3 is 12.1 Å². The van der Waals surface area contributed by atoms with Gasteiger partial charge in [0.1, 0.15) is 0 Å². The molecule has 0 radical (unpaired) electrons. The molecule has 1 unspecified atom stereocenters. The van der Waals surface area contributed by atoms with E-state index >= 15 is 0 Å². The van der Waals surface area contributed by atoms with Gasteiger partial charge in [-0.3, -0.25) is 19.7 Å². The number of benzene rings is 1. The van der Waals surface area contributed by atoms with E-state index in [9.17, 15) is 32.9 Å². The second-order valence-electron chi connectivity index (χ2n) is 7.36. The summed E-state index contributed by atoms with van der Waals surface area (Å²) in [5, 5.41) is 12.8. The van der Waals surface area contributed by atoms with Gasteiger partial charge in [-0.1, -0.05) is 0 Å². The molecule has 0 spiro atoms. The van der Waals surface area contributed by atoms with Gasteiger partial charge in [-0.2, -0.15) is 13.2 Å². The van der Waals surface area contributed by atoms with Crippen LogP contribution in [-0.4, -0.2) is 46.0 Å². The molecule has 1 aromatic heterocycles. The number of aromatic nitrogens is 2. The highest BCUT2D eigenvalue weighted by Gasteiger charge is 2.36. The number of piperidine rings is 1. The third kappa shape index (κ3) is 5.93. The van der Waals surface area contributed by atoms with Crippen LogP contribution in [0.3, 0.4) is 0 Å². The average Bonchev–Trinajstić information content (AvgIpc) is 2.79. The monoisotopic (exact) mass is 467 g/mol. The Kier molecular flexibility index (Phi) is 7.09. The van der Waals surface area contributed by atoms with Gasteiger partial charge in [0.15, 0.2) is 6.10 Å². The largest absolute Gasteiger partial charge is 0.452 e. The molecule has 2 heterocycles. The summed E-state index contributed by atoms with van der Waals surface area (Å²) in [6, 6.07) is 3.64. The van der Waals surface area contributed by atoms with E-state index in [1.54, 1.807) is 18.5 Å². The van der Waals surface area contributed by atoms with E-state index in [1.807, 2.05) is 10.2 Å². The predicted molar refractivity (Wildman–Crippen MR) is 109 cm³/mol. The summed E-state index contributed by atoms with van der Waals surface area (Å²) in [6.45, 7) is 2.24. The van der Waals surface area contributed by atoms with E-state index in [1.165, 1.54) is 6.92 Å². The van der Waals surface area contributed by atoms with Crippen molar-refractivity contribution in [1.29, 1.82) is 0 Å². The summed E-state index contributed by atoms with van der Waals surface area (Å²) >= 11 is 0. The first kappa shape index (κ1) is 23.9. The molecule has 1 N–H and O–H groups in total. The maximum atomic E-state index is 13.3. The molecule has 0 bridgehead atoms. The van der Waals surface area contributed by atoms with Crippen molar-refractivity contribution in [3.63, 3.8) is 0 Å². The van der Waals surface area contributed by atoms with Crippen LogP contribution in [0, 0.1) is 16.0 Å². The molecular weight excluding hydrogens is 447 g/mol. The van der Waals surface area contributed by atoms with Gasteiger partial charge in [0.25, 0.3) is 11.6 Å². The van der Waals surface area contributed by atoms with Gasteiger partial charge in [-0.05, 0) is 31.9 Å². The minimum Gasteiger partial charge on any atom is -0.452 e. The minimum absolute atomic E-state index is 0.330. The van der Waals surface area contributed by atoms with Crippen molar-refractivity contribution in [3.05, 3.63) is 52.3 Å². The van der Waals surface area contributed by atoms with Crippen molar-refractivity contribution < 1.29 is 32.4 Å². The molecule has 1 aromatic carbocycles. The number of hydrogen-bond donors (Lipinski definition) is 1. The molecule has 3 rings (SSSR count). The van der Waals surface area contributed by atoms with Crippen LogP contribution in [0.5, 0.6) is 0 Å². The molecular formula is C20H20F3N5O5. The molecule has 0 aliphatic carbocycles. The Hall–Kier alpha value is -3.77. The number of halogens is 3. The zero-order valence-electron chi connectivity index (χ0n) is 17.4. The van der Waals surface area contributed by atoms with Crippen LogP contribution >= 0.6 is 0 Å². The second kappa shape index (κ2) is 9.79. The number of ether oxygens (including phenoxy) is 1. The Morgan fingerprint density at radius 1 is 1.24 bits per heavy atom. The first-order valence-corrected chi connectivity index (χ1v) is 9.95. The van der Waals surface area contributed by atoms with Crippen LogP contribution in [0.4, 0.5) is 30.5 Å². The lowest BCUT2D eigenvalue weighted by molar-refractivity contribution is -0.385. The molecule has 13 heteroatoms. The number of nitro groups is 1. The van der Waals surface area contributed by atoms with Crippen LogP contribution < -0.4 is 10.2 Å². The second-order valence-corrected chi connectivity index (χ2v) is 7.36. The summed E-state index contributed by atoms with van der Waals surface area (Å²) in [6.07, 6.45) is -2.22. The summed E-state index contributed by atoms with van der Waals surface area (Å²) < 4.78 is 45.0. The molecule has 1 atom stereocenters. The Labute approximate surface area is 185 Å². The Balaban J connectivity index is 1.59.